The largest absolute Gasteiger partial charge is 0.261 e. The predicted octanol–water partition coefficient (Wildman–Crippen LogP) is 4.91. The number of nitrogens with zero attached hydrogens (tertiary/aromatic N) is 2. The molecule has 3 rings (SSSR count). The molecule has 2 aromatic rings. The highest BCUT2D eigenvalue weighted by molar-refractivity contribution is 9.10. The Bertz CT molecular complexity index is 664. The number of rotatable bonds is 2. The summed E-state index contributed by atoms with van der Waals surface area (Å²) < 4.78 is 15.3. The van der Waals surface area contributed by atoms with Crippen LogP contribution in [0.4, 0.5) is 4.39 Å². The van der Waals surface area contributed by atoms with E-state index in [0.717, 1.165) is 10.0 Å². The molecule has 0 radical (unpaired) electrons. The number of aromatic nitrogens is 1. The van der Waals surface area contributed by atoms with Crippen molar-refractivity contribution in [3.63, 3.8) is 0 Å². The van der Waals surface area contributed by atoms with Gasteiger partial charge in [0, 0.05) is 23.6 Å². The van der Waals surface area contributed by atoms with Gasteiger partial charge in [0.2, 0.25) is 0 Å². The molecule has 0 bridgehead atoms. The summed E-state index contributed by atoms with van der Waals surface area (Å²) in [7, 11) is 0. The fourth-order valence-corrected chi connectivity index (χ4v) is 3.56. The second-order valence-electron chi connectivity index (χ2n) is 5.28. The summed E-state index contributed by atoms with van der Waals surface area (Å²) in [6.07, 6.45) is 1.09. The Morgan fingerprint density at radius 2 is 2.10 bits per heavy atom. The maximum atomic E-state index is 14.5. The third-order valence-corrected chi connectivity index (χ3v) is 4.69. The molecule has 1 aromatic carbocycles. The Kier molecular flexibility index (Phi) is 4.29. The Labute approximate surface area is 137 Å². The van der Waals surface area contributed by atoms with Crippen LogP contribution in [-0.4, -0.2) is 16.2 Å². The molecule has 0 N–H and O–H groups in total. The van der Waals surface area contributed by atoms with E-state index in [9.17, 15) is 4.39 Å². The number of hydrogen-bond donors (Lipinski definition) is 0. The van der Waals surface area contributed by atoms with Crippen molar-refractivity contribution in [1.82, 2.24) is 9.88 Å². The van der Waals surface area contributed by atoms with Gasteiger partial charge in [0.1, 0.15) is 0 Å². The molecule has 2 nitrogen and oxygen atoms in total. The summed E-state index contributed by atoms with van der Waals surface area (Å²) in [5.41, 5.74) is 2.97. The summed E-state index contributed by atoms with van der Waals surface area (Å²) in [4.78, 5) is 6.17. The molecule has 0 spiro atoms. The first-order valence-electron chi connectivity index (χ1n) is 6.84. The molecule has 0 fully saturated rings. The molecule has 0 amide bonds. The highest BCUT2D eigenvalue weighted by Crippen LogP contribution is 2.34. The first-order chi connectivity index (χ1) is 10.1. The van der Waals surface area contributed by atoms with Gasteiger partial charge in [0.05, 0.1) is 16.8 Å². The highest BCUT2D eigenvalue weighted by Gasteiger charge is 2.31. The number of fused-ring (bicyclic) bond motifs is 1. The molecular weight excluding hydrogens is 355 g/mol. The van der Waals surface area contributed by atoms with Gasteiger partial charge in [-0.1, -0.05) is 35.9 Å². The maximum absolute atomic E-state index is 14.5. The van der Waals surface area contributed by atoms with Crippen molar-refractivity contribution in [2.45, 2.75) is 32.2 Å². The monoisotopic (exact) mass is 368 g/mol. The quantitative estimate of drug-likeness (QED) is 0.699. The van der Waals surface area contributed by atoms with Crippen molar-refractivity contribution in [3.8, 4) is 0 Å². The van der Waals surface area contributed by atoms with Crippen LogP contribution in [0, 0.1) is 0 Å². The minimum Gasteiger partial charge on any atom is -0.261 e. The zero-order valence-electron chi connectivity index (χ0n) is 11.6. The second kappa shape index (κ2) is 6.03. The van der Waals surface area contributed by atoms with Crippen LogP contribution in [0.25, 0.3) is 0 Å². The topological polar surface area (TPSA) is 16.1 Å². The molecule has 0 saturated heterocycles. The van der Waals surface area contributed by atoms with Crippen molar-refractivity contribution in [1.29, 1.82) is 0 Å². The van der Waals surface area contributed by atoms with Crippen molar-refractivity contribution < 1.29 is 4.39 Å². The van der Waals surface area contributed by atoms with Gasteiger partial charge in [-0.2, -0.15) is 0 Å². The number of pyridine rings is 1. The lowest BCUT2D eigenvalue weighted by atomic mass is 9.97. The van der Waals surface area contributed by atoms with Gasteiger partial charge in [-0.3, -0.25) is 9.88 Å². The number of benzene rings is 1. The fraction of sp³-hybridized carbons (Fsp3) is 0.312. The van der Waals surface area contributed by atoms with E-state index in [2.05, 4.69) is 27.0 Å². The number of halogens is 3. The van der Waals surface area contributed by atoms with Crippen LogP contribution in [0.1, 0.15) is 29.8 Å². The lowest BCUT2D eigenvalue weighted by molar-refractivity contribution is 0.0278. The van der Waals surface area contributed by atoms with E-state index >= 15 is 0 Å². The summed E-state index contributed by atoms with van der Waals surface area (Å²) in [5, 5.41) is 0.558. The average Bonchev–Trinajstić information content (AvgIpc) is 2.46. The molecule has 2 unspecified atom stereocenters. The molecule has 2 atom stereocenters. The molecule has 2 heterocycles. The molecule has 1 aliphatic rings. The summed E-state index contributed by atoms with van der Waals surface area (Å²) >= 11 is 9.59. The molecule has 0 aliphatic carbocycles. The second-order valence-corrected chi connectivity index (χ2v) is 6.60. The standard InChI is InChI=1S/C16H15BrClFN2/c1-10(16-14(18)7-13(17)8-20-16)21-9-12-5-3-2-4-11(12)6-15(21)19/h2-5,7-8,10,15H,6,9H2,1H3. The first-order valence-corrected chi connectivity index (χ1v) is 8.01. The van der Waals surface area contributed by atoms with Crippen LogP contribution in [-0.2, 0) is 13.0 Å². The van der Waals surface area contributed by atoms with Gasteiger partial charge in [-0.25, -0.2) is 4.39 Å². The molecular formula is C16H15BrClFN2. The minimum atomic E-state index is -1.02. The Morgan fingerprint density at radius 1 is 1.38 bits per heavy atom. The summed E-state index contributed by atoms with van der Waals surface area (Å²) in [6, 6.07) is 9.62. The molecule has 1 aliphatic heterocycles. The molecule has 0 saturated carbocycles. The first kappa shape index (κ1) is 14.9. The zero-order valence-corrected chi connectivity index (χ0v) is 13.9. The Balaban J connectivity index is 1.90. The SMILES string of the molecule is CC(c1ncc(Br)cc1Cl)N1Cc2ccccc2CC1F. The van der Waals surface area contributed by atoms with Gasteiger partial charge in [-0.05, 0) is 40.0 Å². The average molecular weight is 370 g/mol. The van der Waals surface area contributed by atoms with E-state index in [-0.39, 0.29) is 6.04 Å². The Morgan fingerprint density at radius 3 is 2.81 bits per heavy atom. The van der Waals surface area contributed by atoms with Gasteiger partial charge in [0.15, 0.2) is 6.30 Å². The van der Waals surface area contributed by atoms with E-state index < -0.39 is 6.30 Å². The lowest BCUT2D eigenvalue weighted by Crippen LogP contribution is -2.39. The van der Waals surface area contributed by atoms with Crippen LogP contribution in [0.5, 0.6) is 0 Å². The Hall–Kier alpha value is -0.970. The van der Waals surface area contributed by atoms with Crippen LogP contribution in [0.2, 0.25) is 5.02 Å². The van der Waals surface area contributed by atoms with E-state index in [1.807, 2.05) is 30.0 Å². The molecule has 21 heavy (non-hydrogen) atoms. The van der Waals surface area contributed by atoms with Gasteiger partial charge in [-0.15, -0.1) is 0 Å². The number of hydrogen-bond acceptors (Lipinski definition) is 2. The highest BCUT2D eigenvalue weighted by atomic mass is 79.9. The van der Waals surface area contributed by atoms with Crippen molar-refractivity contribution in [3.05, 3.63) is 62.8 Å². The minimum absolute atomic E-state index is 0.172. The molecule has 110 valence electrons. The predicted molar refractivity (Wildman–Crippen MR) is 85.9 cm³/mol. The normalized spacial score (nSPS) is 20.1. The van der Waals surface area contributed by atoms with E-state index in [0.29, 0.717) is 23.7 Å². The van der Waals surface area contributed by atoms with Crippen molar-refractivity contribution >= 4 is 27.5 Å². The van der Waals surface area contributed by atoms with Crippen molar-refractivity contribution in [2.24, 2.45) is 0 Å². The number of alkyl halides is 1. The van der Waals surface area contributed by atoms with Crippen molar-refractivity contribution in [2.75, 3.05) is 0 Å². The third kappa shape index (κ3) is 2.98. The molecule has 1 aromatic heterocycles. The molecule has 5 heteroatoms. The van der Waals surface area contributed by atoms with E-state index in [1.54, 1.807) is 12.3 Å². The fourth-order valence-electron chi connectivity index (χ4n) is 2.77. The summed E-state index contributed by atoms with van der Waals surface area (Å²) in [5.74, 6) is 0. The van der Waals surface area contributed by atoms with Gasteiger partial charge < -0.3 is 0 Å². The third-order valence-electron chi connectivity index (χ3n) is 3.95. The van der Waals surface area contributed by atoms with Crippen LogP contribution >= 0.6 is 27.5 Å². The van der Waals surface area contributed by atoms with Crippen LogP contribution < -0.4 is 0 Å². The van der Waals surface area contributed by atoms with Gasteiger partial charge >= 0.3 is 0 Å². The van der Waals surface area contributed by atoms with Crippen LogP contribution in [0.3, 0.4) is 0 Å². The smallest absolute Gasteiger partial charge is 0.158 e. The maximum Gasteiger partial charge on any atom is 0.158 e. The van der Waals surface area contributed by atoms with Gasteiger partial charge in [0.25, 0.3) is 0 Å². The van der Waals surface area contributed by atoms with E-state index in [4.69, 9.17) is 11.6 Å². The van der Waals surface area contributed by atoms with Crippen LogP contribution in [0.15, 0.2) is 41.0 Å². The summed E-state index contributed by atoms with van der Waals surface area (Å²) in [6.45, 7) is 2.52. The van der Waals surface area contributed by atoms with E-state index in [1.165, 1.54) is 5.56 Å². The lowest BCUT2D eigenvalue weighted by Gasteiger charge is -2.36. The zero-order chi connectivity index (χ0) is 15.0.